The Kier molecular flexibility index (Phi) is 7.64. The summed E-state index contributed by atoms with van der Waals surface area (Å²) >= 11 is 0. The van der Waals surface area contributed by atoms with Crippen molar-refractivity contribution in [3.63, 3.8) is 0 Å². The molecule has 18 heavy (non-hydrogen) atoms. The van der Waals surface area contributed by atoms with E-state index >= 15 is 0 Å². The first-order valence-corrected chi connectivity index (χ1v) is 5.66. The summed E-state index contributed by atoms with van der Waals surface area (Å²) in [6.45, 7) is 4.01. The van der Waals surface area contributed by atoms with Gasteiger partial charge in [0.1, 0.15) is 11.5 Å². The maximum Gasteiger partial charge on any atom is 0.118 e. The van der Waals surface area contributed by atoms with E-state index in [0.717, 1.165) is 12.0 Å². The number of aryl methyl sites for hydroxylation is 2. The van der Waals surface area contributed by atoms with Crippen LogP contribution in [0.3, 0.4) is 0 Å². The first-order valence-electron chi connectivity index (χ1n) is 5.66. The summed E-state index contributed by atoms with van der Waals surface area (Å²) in [5.41, 5.74) is 2.18. The summed E-state index contributed by atoms with van der Waals surface area (Å²) in [4.78, 5) is 0. The number of hydrogen-bond acceptors (Lipinski definition) is 2. The van der Waals surface area contributed by atoms with E-state index in [1.165, 1.54) is 5.56 Å². The summed E-state index contributed by atoms with van der Waals surface area (Å²) in [5, 5.41) is 17.9. The van der Waals surface area contributed by atoms with Crippen LogP contribution >= 0.6 is 12.4 Å². The minimum atomic E-state index is 0. The molecular formula is C15H19ClO2. The Morgan fingerprint density at radius 1 is 0.889 bits per heavy atom. The van der Waals surface area contributed by atoms with Crippen molar-refractivity contribution in [3.8, 4) is 11.5 Å². The number of para-hydroxylation sites is 1. The van der Waals surface area contributed by atoms with Crippen molar-refractivity contribution in [2.24, 2.45) is 0 Å². The van der Waals surface area contributed by atoms with Crippen molar-refractivity contribution in [2.75, 3.05) is 0 Å². The molecule has 2 nitrogen and oxygen atoms in total. The standard InChI is InChI=1S/C8H10O.C7H8O.ClH/c1-2-7-5-3-4-6-8(7)9;1-6-2-4-7(8)5-3-6;/h3-6,9H,2H2,1H3;2-5,8H,1H3;1H. The average molecular weight is 267 g/mol. The molecule has 0 aliphatic rings. The summed E-state index contributed by atoms with van der Waals surface area (Å²) < 4.78 is 0. The third-order valence-electron chi connectivity index (χ3n) is 2.41. The molecule has 2 N–H and O–H groups in total. The van der Waals surface area contributed by atoms with Gasteiger partial charge in [0.2, 0.25) is 0 Å². The van der Waals surface area contributed by atoms with Crippen LogP contribution in [0, 0.1) is 6.92 Å². The first-order chi connectivity index (χ1) is 8.13. The maximum absolute atomic E-state index is 9.11. The second-order valence-corrected chi connectivity index (χ2v) is 3.82. The smallest absolute Gasteiger partial charge is 0.118 e. The highest BCUT2D eigenvalue weighted by molar-refractivity contribution is 5.85. The fourth-order valence-electron chi connectivity index (χ4n) is 1.35. The molecule has 3 heteroatoms. The van der Waals surface area contributed by atoms with E-state index < -0.39 is 0 Å². The van der Waals surface area contributed by atoms with Crippen LogP contribution in [0.5, 0.6) is 11.5 Å². The van der Waals surface area contributed by atoms with Crippen molar-refractivity contribution in [3.05, 3.63) is 59.7 Å². The fraction of sp³-hybridized carbons (Fsp3) is 0.200. The molecular weight excluding hydrogens is 248 g/mol. The van der Waals surface area contributed by atoms with Gasteiger partial charge in [-0.15, -0.1) is 12.4 Å². The molecule has 98 valence electrons. The Labute approximate surface area is 114 Å². The van der Waals surface area contributed by atoms with Crippen LogP contribution in [-0.4, -0.2) is 10.2 Å². The van der Waals surface area contributed by atoms with Crippen molar-refractivity contribution in [1.82, 2.24) is 0 Å². The number of phenolic OH excluding ortho intramolecular Hbond substituents is 2. The van der Waals surface area contributed by atoms with Gasteiger partial charge in [-0.1, -0.05) is 42.8 Å². The number of benzene rings is 2. The highest BCUT2D eigenvalue weighted by Gasteiger charge is 1.92. The van der Waals surface area contributed by atoms with Gasteiger partial charge < -0.3 is 10.2 Å². The summed E-state index contributed by atoms with van der Waals surface area (Å²) in [6, 6.07) is 14.5. The molecule has 2 aromatic rings. The van der Waals surface area contributed by atoms with Crippen molar-refractivity contribution in [2.45, 2.75) is 20.3 Å². The van der Waals surface area contributed by atoms with Gasteiger partial charge in [-0.25, -0.2) is 0 Å². The molecule has 0 fully saturated rings. The van der Waals surface area contributed by atoms with E-state index in [2.05, 4.69) is 0 Å². The van der Waals surface area contributed by atoms with Crippen LogP contribution in [0.2, 0.25) is 0 Å². The van der Waals surface area contributed by atoms with Crippen LogP contribution < -0.4 is 0 Å². The lowest BCUT2D eigenvalue weighted by Crippen LogP contribution is -1.77. The molecule has 0 amide bonds. The van der Waals surface area contributed by atoms with Crippen molar-refractivity contribution < 1.29 is 10.2 Å². The summed E-state index contributed by atoms with van der Waals surface area (Å²) in [6.07, 6.45) is 0.896. The van der Waals surface area contributed by atoms with Crippen molar-refractivity contribution >= 4 is 12.4 Å². The van der Waals surface area contributed by atoms with E-state index in [1.807, 2.05) is 44.2 Å². The van der Waals surface area contributed by atoms with Gasteiger partial charge in [0.15, 0.2) is 0 Å². The van der Waals surface area contributed by atoms with Gasteiger partial charge in [-0.3, -0.25) is 0 Å². The molecule has 0 radical (unpaired) electrons. The predicted octanol–water partition coefficient (Wildman–Crippen LogP) is 4.08. The fourth-order valence-corrected chi connectivity index (χ4v) is 1.35. The quantitative estimate of drug-likeness (QED) is 0.817. The van der Waals surface area contributed by atoms with Gasteiger partial charge in [0.25, 0.3) is 0 Å². The van der Waals surface area contributed by atoms with Gasteiger partial charge >= 0.3 is 0 Å². The van der Waals surface area contributed by atoms with E-state index in [0.29, 0.717) is 11.5 Å². The maximum atomic E-state index is 9.11. The third-order valence-corrected chi connectivity index (χ3v) is 2.41. The SMILES string of the molecule is CCc1ccccc1O.Cc1ccc(O)cc1.Cl. The van der Waals surface area contributed by atoms with Gasteiger partial charge in [-0.2, -0.15) is 0 Å². The molecule has 0 bridgehead atoms. The second kappa shape index (κ2) is 8.43. The molecule has 2 aromatic carbocycles. The first kappa shape index (κ1) is 16.3. The number of aromatic hydroxyl groups is 2. The summed E-state index contributed by atoms with van der Waals surface area (Å²) in [7, 11) is 0. The van der Waals surface area contributed by atoms with Crippen LogP contribution in [-0.2, 0) is 6.42 Å². The van der Waals surface area contributed by atoms with Crippen LogP contribution in [0.25, 0.3) is 0 Å². The van der Waals surface area contributed by atoms with Crippen LogP contribution in [0.1, 0.15) is 18.1 Å². The summed E-state index contributed by atoms with van der Waals surface area (Å²) in [5.74, 6) is 0.732. The zero-order valence-corrected chi connectivity index (χ0v) is 11.4. The molecule has 2 rings (SSSR count). The normalized spacial score (nSPS) is 8.78. The third kappa shape index (κ3) is 5.60. The van der Waals surface area contributed by atoms with Crippen LogP contribution in [0.4, 0.5) is 0 Å². The minimum absolute atomic E-state index is 0. The topological polar surface area (TPSA) is 40.5 Å². The minimum Gasteiger partial charge on any atom is -0.508 e. The second-order valence-electron chi connectivity index (χ2n) is 3.82. The lowest BCUT2D eigenvalue weighted by Gasteiger charge is -1.97. The predicted molar refractivity (Wildman–Crippen MR) is 77.6 cm³/mol. The highest BCUT2D eigenvalue weighted by atomic mass is 35.5. The van der Waals surface area contributed by atoms with E-state index in [9.17, 15) is 0 Å². The monoisotopic (exact) mass is 266 g/mol. The van der Waals surface area contributed by atoms with E-state index in [4.69, 9.17) is 10.2 Å². The average Bonchev–Trinajstić information content (AvgIpc) is 2.34. The molecule has 0 aliphatic carbocycles. The molecule has 0 saturated heterocycles. The molecule has 0 heterocycles. The number of halogens is 1. The molecule has 0 spiro atoms. The zero-order chi connectivity index (χ0) is 12.7. The molecule has 0 unspecified atom stereocenters. The lowest BCUT2D eigenvalue weighted by atomic mass is 10.1. The number of hydrogen-bond donors (Lipinski definition) is 2. The number of rotatable bonds is 1. The molecule has 0 aliphatic heterocycles. The highest BCUT2D eigenvalue weighted by Crippen LogP contribution is 2.14. The van der Waals surface area contributed by atoms with Gasteiger partial charge in [0.05, 0.1) is 0 Å². The van der Waals surface area contributed by atoms with E-state index in [1.54, 1.807) is 18.2 Å². The Hall–Kier alpha value is -1.67. The van der Waals surface area contributed by atoms with Gasteiger partial charge in [0, 0.05) is 0 Å². The van der Waals surface area contributed by atoms with Crippen molar-refractivity contribution in [1.29, 1.82) is 0 Å². The largest absolute Gasteiger partial charge is 0.508 e. The lowest BCUT2D eigenvalue weighted by molar-refractivity contribution is 0.469. The molecule has 0 atom stereocenters. The Bertz CT molecular complexity index is 431. The Balaban J connectivity index is 0.000000306. The molecule has 0 aromatic heterocycles. The number of phenols is 2. The van der Waals surface area contributed by atoms with E-state index in [-0.39, 0.29) is 12.4 Å². The Morgan fingerprint density at radius 2 is 1.44 bits per heavy atom. The zero-order valence-electron chi connectivity index (χ0n) is 10.6. The molecule has 0 saturated carbocycles. The van der Waals surface area contributed by atoms with Gasteiger partial charge in [-0.05, 0) is 37.1 Å². The Morgan fingerprint density at radius 3 is 1.83 bits per heavy atom. The van der Waals surface area contributed by atoms with Crippen LogP contribution in [0.15, 0.2) is 48.5 Å².